The fourth-order valence-corrected chi connectivity index (χ4v) is 3.63. The van der Waals surface area contributed by atoms with Crippen molar-refractivity contribution in [3.8, 4) is 11.3 Å². The fourth-order valence-electron chi connectivity index (χ4n) is 3.63. The molecule has 4 rings (SSSR count). The van der Waals surface area contributed by atoms with Gasteiger partial charge in [-0.2, -0.15) is 5.10 Å². The number of aromatic amines is 1. The number of carbonyl (C=O) groups is 2. The number of nitrogens with one attached hydrogen (secondary N) is 3. The van der Waals surface area contributed by atoms with Gasteiger partial charge in [-0.05, 0) is 55.3 Å². The summed E-state index contributed by atoms with van der Waals surface area (Å²) in [5.74, 6) is -0.582. The second-order valence-corrected chi connectivity index (χ2v) is 7.61. The zero-order valence-electron chi connectivity index (χ0n) is 17.0. The van der Waals surface area contributed by atoms with Gasteiger partial charge in [-0.3, -0.25) is 19.6 Å². The predicted molar refractivity (Wildman–Crippen MR) is 116 cm³/mol. The number of hydrogen-bond acceptors (Lipinski definition) is 4. The number of piperidine rings is 1. The highest BCUT2D eigenvalue weighted by Crippen LogP contribution is 2.18. The Bertz CT molecular complexity index is 1030. The average Bonchev–Trinajstić information content (AvgIpc) is 3.27. The lowest BCUT2D eigenvalue weighted by Gasteiger charge is -2.31. The minimum Gasteiger partial charge on any atom is -0.348 e. The zero-order chi connectivity index (χ0) is 21.6. The number of para-hydroxylation sites is 1. The molecule has 1 aliphatic heterocycles. The number of nitrogens with zero attached hydrogens (tertiary/aromatic N) is 2. The quantitative estimate of drug-likeness (QED) is 0.571. The maximum atomic E-state index is 13.1. The van der Waals surface area contributed by atoms with Gasteiger partial charge < -0.3 is 10.6 Å². The van der Waals surface area contributed by atoms with Crippen LogP contribution in [0.15, 0.2) is 60.7 Å². The van der Waals surface area contributed by atoms with E-state index in [4.69, 9.17) is 0 Å². The highest BCUT2D eigenvalue weighted by Gasteiger charge is 2.23. The minimum atomic E-state index is -0.318. The van der Waals surface area contributed by atoms with E-state index >= 15 is 0 Å². The molecule has 2 aromatic carbocycles. The summed E-state index contributed by atoms with van der Waals surface area (Å²) in [6, 6.07) is 17.0. The van der Waals surface area contributed by atoms with Gasteiger partial charge in [0.25, 0.3) is 5.91 Å². The van der Waals surface area contributed by atoms with E-state index in [2.05, 4.69) is 25.7 Å². The van der Waals surface area contributed by atoms with Gasteiger partial charge in [0.2, 0.25) is 5.91 Å². The Balaban J connectivity index is 1.24. The Morgan fingerprint density at radius 2 is 1.77 bits per heavy atom. The van der Waals surface area contributed by atoms with Crippen LogP contribution in [0.1, 0.15) is 23.3 Å². The molecule has 8 heteroatoms. The summed E-state index contributed by atoms with van der Waals surface area (Å²) in [6.45, 7) is 1.80. The van der Waals surface area contributed by atoms with E-state index < -0.39 is 0 Å². The van der Waals surface area contributed by atoms with Crippen molar-refractivity contribution in [2.75, 3.05) is 25.0 Å². The van der Waals surface area contributed by atoms with Gasteiger partial charge in [0.1, 0.15) is 11.5 Å². The largest absolute Gasteiger partial charge is 0.348 e. The molecule has 0 spiro atoms. The van der Waals surface area contributed by atoms with Crippen LogP contribution in [0.25, 0.3) is 11.3 Å². The molecule has 1 aromatic heterocycles. The van der Waals surface area contributed by atoms with Crippen LogP contribution in [0.3, 0.4) is 0 Å². The molecule has 0 unspecified atom stereocenters. The molecule has 3 aromatic rings. The van der Waals surface area contributed by atoms with Crippen LogP contribution in [-0.4, -0.2) is 52.6 Å². The molecule has 160 valence electrons. The van der Waals surface area contributed by atoms with E-state index in [1.807, 2.05) is 30.3 Å². The summed E-state index contributed by atoms with van der Waals surface area (Å²) in [4.78, 5) is 26.8. The number of amides is 2. The number of H-pyrrole nitrogens is 1. The summed E-state index contributed by atoms with van der Waals surface area (Å²) < 4.78 is 13.1. The van der Waals surface area contributed by atoms with Crippen LogP contribution in [0, 0.1) is 5.82 Å². The van der Waals surface area contributed by atoms with E-state index in [-0.39, 0.29) is 23.7 Å². The van der Waals surface area contributed by atoms with E-state index in [9.17, 15) is 14.0 Å². The second kappa shape index (κ2) is 9.53. The van der Waals surface area contributed by atoms with Gasteiger partial charge in [-0.25, -0.2) is 4.39 Å². The highest BCUT2D eigenvalue weighted by atomic mass is 19.1. The van der Waals surface area contributed by atoms with Crippen molar-refractivity contribution in [2.45, 2.75) is 18.9 Å². The predicted octanol–water partition coefficient (Wildman–Crippen LogP) is 3.05. The van der Waals surface area contributed by atoms with Gasteiger partial charge in [0, 0.05) is 30.4 Å². The minimum absolute atomic E-state index is 0.0403. The number of aromatic nitrogens is 2. The summed E-state index contributed by atoms with van der Waals surface area (Å²) in [6.07, 6.45) is 1.53. The number of benzene rings is 2. The van der Waals surface area contributed by atoms with Crippen molar-refractivity contribution in [1.29, 1.82) is 0 Å². The van der Waals surface area contributed by atoms with Gasteiger partial charge in [0.15, 0.2) is 0 Å². The number of carbonyl (C=O) groups excluding carboxylic acids is 2. The summed E-state index contributed by atoms with van der Waals surface area (Å²) in [5, 5.41) is 12.8. The molecule has 0 aliphatic carbocycles. The monoisotopic (exact) mass is 421 g/mol. The first-order chi connectivity index (χ1) is 15.1. The molecule has 7 nitrogen and oxygen atoms in total. The molecule has 1 aliphatic rings. The van der Waals surface area contributed by atoms with Crippen molar-refractivity contribution in [1.82, 2.24) is 20.4 Å². The Kier molecular flexibility index (Phi) is 6.37. The number of anilines is 1. The molecule has 31 heavy (non-hydrogen) atoms. The number of hydrogen-bond donors (Lipinski definition) is 3. The van der Waals surface area contributed by atoms with Gasteiger partial charge in [-0.15, -0.1) is 0 Å². The molecule has 0 radical (unpaired) electrons. The maximum absolute atomic E-state index is 13.1. The Morgan fingerprint density at radius 1 is 1.06 bits per heavy atom. The molecule has 0 saturated carbocycles. The van der Waals surface area contributed by atoms with Crippen molar-refractivity contribution < 1.29 is 14.0 Å². The van der Waals surface area contributed by atoms with Gasteiger partial charge in [-0.1, -0.05) is 18.2 Å². The van der Waals surface area contributed by atoms with Crippen LogP contribution in [0.4, 0.5) is 10.1 Å². The first-order valence-electron chi connectivity index (χ1n) is 10.3. The maximum Gasteiger partial charge on any atom is 0.269 e. The first kappa shape index (κ1) is 20.7. The third-order valence-electron chi connectivity index (χ3n) is 5.31. The SMILES string of the molecule is O=C(CN1CCC(NC(=O)c2cc(-c3ccc(F)cc3)n[nH]2)CC1)Nc1ccccc1. The van der Waals surface area contributed by atoms with Crippen LogP contribution >= 0.6 is 0 Å². The Morgan fingerprint density at radius 3 is 2.48 bits per heavy atom. The lowest BCUT2D eigenvalue weighted by atomic mass is 10.0. The Labute approximate surface area is 179 Å². The molecule has 1 fully saturated rings. The van der Waals surface area contributed by atoms with Crippen molar-refractivity contribution in [3.63, 3.8) is 0 Å². The molecule has 2 amide bonds. The topological polar surface area (TPSA) is 90.1 Å². The Hall–Kier alpha value is -3.52. The molecule has 1 saturated heterocycles. The zero-order valence-corrected chi connectivity index (χ0v) is 17.0. The number of halogens is 1. The van der Waals surface area contributed by atoms with Gasteiger partial charge in [0.05, 0.1) is 12.2 Å². The van der Waals surface area contributed by atoms with E-state index in [0.29, 0.717) is 17.9 Å². The lowest BCUT2D eigenvalue weighted by molar-refractivity contribution is -0.117. The van der Waals surface area contributed by atoms with E-state index in [1.54, 1.807) is 18.2 Å². The average molecular weight is 421 g/mol. The summed E-state index contributed by atoms with van der Waals surface area (Å²) >= 11 is 0. The number of rotatable bonds is 6. The molecule has 0 bridgehead atoms. The normalized spacial score (nSPS) is 14.9. The van der Waals surface area contributed by atoms with Crippen LogP contribution in [0.2, 0.25) is 0 Å². The van der Waals surface area contributed by atoms with Crippen LogP contribution in [0.5, 0.6) is 0 Å². The van der Waals surface area contributed by atoms with E-state index in [1.165, 1.54) is 12.1 Å². The lowest BCUT2D eigenvalue weighted by Crippen LogP contribution is -2.46. The second-order valence-electron chi connectivity index (χ2n) is 7.61. The van der Waals surface area contributed by atoms with Crippen molar-refractivity contribution in [2.24, 2.45) is 0 Å². The first-order valence-corrected chi connectivity index (χ1v) is 10.3. The standard InChI is InChI=1S/C23H24FN5O2/c24-17-8-6-16(7-9-17)20-14-21(28-27-20)23(31)26-19-10-12-29(13-11-19)15-22(30)25-18-4-2-1-3-5-18/h1-9,14,19H,10-13,15H2,(H,25,30)(H,26,31)(H,27,28). The molecule has 2 heterocycles. The fraction of sp³-hybridized carbons (Fsp3) is 0.261. The van der Waals surface area contributed by atoms with Crippen LogP contribution < -0.4 is 10.6 Å². The summed E-state index contributed by atoms with van der Waals surface area (Å²) in [7, 11) is 0. The molecular formula is C23H24FN5O2. The molecule has 0 atom stereocenters. The number of likely N-dealkylation sites (tertiary alicyclic amines) is 1. The highest BCUT2D eigenvalue weighted by molar-refractivity contribution is 5.93. The summed E-state index contributed by atoms with van der Waals surface area (Å²) in [5.41, 5.74) is 2.47. The molecular weight excluding hydrogens is 397 g/mol. The third kappa shape index (κ3) is 5.55. The third-order valence-corrected chi connectivity index (χ3v) is 5.31. The van der Waals surface area contributed by atoms with Crippen LogP contribution in [-0.2, 0) is 4.79 Å². The van der Waals surface area contributed by atoms with Crippen molar-refractivity contribution in [3.05, 3.63) is 72.2 Å². The smallest absolute Gasteiger partial charge is 0.269 e. The van der Waals surface area contributed by atoms with Gasteiger partial charge >= 0.3 is 0 Å². The van der Waals surface area contributed by atoms with E-state index in [0.717, 1.165) is 37.2 Å². The molecule has 3 N–H and O–H groups in total. The van der Waals surface area contributed by atoms with Crippen molar-refractivity contribution >= 4 is 17.5 Å².